The summed E-state index contributed by atoms with van der Waals surface area (Å²) in [6, 6.07) is 0. The third-order valence-electron chi connectivity index (χ3n) is 12.7. The molecule has 0 radical (unpaired) electrons. The summed E-state index contributed by atoms with van der Waals surface area (Å²) in [4.78, 5) is 38.2. The van der Waals surface area contributed by atoms with Crippen LogP contribution in [0.5, 0.6) is 0 Å². The molecule has 0 fully saturated rings. The lowest BCUT2D eigenvalue weighted by Gasteiger charge is -2.18. The van der Waals surface area contributed by atoms with Crippen LogP contribution >= 0.6 is 0 Å². The lowest BCUT2D eigenvalue weighted by Crippen LogP contribution is -2.30. The number of ether oxygens (including phenoxy) is 3. The Labute approximate surface area is 480 Å². The van der Waals surface area contributed by atoms with Gasteiger partial charge in [-0.2, -0.15) is 0 Å². The minimum absolute atomic E-state index is 0.100. The van der Waals surface area contributed by atoms with E-state index in [0.29, 0.717) is 19.3 Å². The van der Waals surface area contributed by atoms with E-state index in [2.05, 4.69) is 179 Å². The molecule has 438 valence electrons. The molecule has 0 aromatic carbocycles. The maximum absolute atomic E-state index is 12.9. The zero-order chi connectivity index (χ0) is 56.4. The van der Waals surface area contributed by atoms with Crippen LogP contribution in [0.3, 0.4) is 0 Å². The van der Waals surface area contributed by atoms with Gasteiger partial charge in [-0.3, -0.25) is 14.4 Å². The van der Waals surface area contributed by atoms with Gasteiger partial charge in [0.15, 0.2) is 6.10 Å². The van der Waals surface area contributed by atoms with E-state index in [9.17, 15) is 14.4 Å². The third-order valence-corrected chi connectivity index (χ3v) is 12.7. The number of esters is 3. The molecule has 0 N–H and O–H groups in total. The summed E-state index contributed by atoms with van der Waals surface area (Å²) < 4.78 is 16.8. The molecule has 0 aromatic rings. The van der Waals surface area contributed by atoms with Crippen molar-refractivity contribution >= 4 is 17.9 Å². The van der Waals surface area contributed by atoms with Crippen molar-refractivity contribution in [1.82, 2.24) is 0 Å². The van der Waals surface area contributed by atoms with Crippen LogP contribution in [0.25, 0.3) is 0 Å². The van der Waals surface area contributed by atoms with Crippen molar-refractivity contribution in [2.75, 3.05) is 13.2 Å². The average Bonchev–Trinajstić information content (AvgIpc) is 3.44. The van der Waals surface area contributed by atoms with Crippen molar-refractivity contribution in [1.29, 1.82) is 0 Å². The molecular formula is C72H114O6. The molecule has 1 atom stereocenters. The van der Waals surface area contributed by atoms with Gasteiger partial charge in [-0.25, -0.2) is 0 Å². The van der Waals surface area contributed by atoms with Gasteiger partial charge in [-0.1, -0.05) is 256 Å². The van der Waals surface area contributed by atoms with Crippen LogP contribution in [0.4, 0.5) is 0 Å². The Bertz CT molecular complexity index is 1760. The van der Waals surface area contributed by atoms with Crippen molar-refractivity contribution in [2.45, 2.75) is 264 Å². The van der Waals surface area contributed by atoms with Crippen LogP contribution in [-0.4, -0.2) is 37.2 Å². The minimum atomic E-state index is -0.804. The highest BCUT2D eigenvalue weighted by Crippen LogP contribution is 2.14. The molecule has 0 amide bonds. The normalized spacial score (nSPS) is 13.2. The predicted octanol–water partition coefficient (Wildman–Crippen LogP) is 21.7. The van der Waals surface area contributed by atoms with Gasteiger partial charge < -0.3 is 14.2 Å². The molecule has 0 saturated carbocycles. The van der Waals surface area contributed by atoms with Crippen LogP contribution in [0, 0.1) is 0 Å². The molecular weight excluding hydrogens is 961 g/mol. The quantitative estimate of drug-likeness (QED) is 0.0261. The highest BCUT2D eigenvalue weighted by Gasteiger charge is 2.19. The van der Waals surface area contributed by atoms with Gasteiger partial charge in [-0.15, -0.1) is 0 Å². The SMILES string of the molecule is CC/C=C\C/C=C\C/C=C\C/C=C\C/C=C\C/C=C\C/C=C\C/C=C\CCCCCCCCCCC(=O)OCC(COC(=O)CCCCCCC/C=C\CCC)OC(=O)CCCCCC/C=C\C/C=C\C/C=C\C/C=C\CC. The van der Waals surface area contributed by atoms with Gasteiger partial charge >= 0.3 is 17.9 Å². The van der Waals surface area contributed by atoms with E-state index in [1.165, 1.54) is 44.9 Å². The molecule has 0 aliphatic heterocycles. The Balaban J connectivity index is 4.28. The molecule has 0 heterocycles. The van der Waals surface area contributed by atoms with Crippen molar-refractivity contribution < 1.29 is 28.6 Å². The van der Waals surface area contributed by atoms with E-state index >= 15 is 0 Å². The van der Waals surface area contributed by atoms with Crippen molar-refractivity contribution in [2.24, 2.45) is 0 Å². The molecule has 0 saturated heterocycles. The van der Waals surface area contributed by atoms with Crippen LogP contribution < -0.4 is 0 Å². The molecule has 0 aliphatic carbocycles. The van der Waals surface area contributed by atoms with E-state index < -0.39 is 6.10 Å². The van der Waals surface area contributed by atoms with Gasteiger partial charge in [0, 0.05) is 19.3 Å². The summed E-state index contributed by atoms with van der Waals surface area (Å²) in [6.07, 6.45) is 94.0. The maximum atomic E-state index is 12.9. The molecule has 0 bridgehead atoms. The molecule has 0 aromatic heterocycles. The Kier molecular flexibility index (Phi) is 60.4. The Morgan fingerprint density at radius 2 is 0.500 bits per heavy atom. The van der Waals surface area contributed by atoms with Gasteiger partial charge in [0.1, 0.15) is 13.2 Å². The number of hydrogen-bond donors (Lipinski definition) is 0. The number of allylic oxidation sites excluding steroid dienone is 26. The molecule has 1 unspecified atom stereocenters. The van der Waals surface area contributed by atoms with Gasteiger partial charge in [0.2, 0.25) is 0 Å². The summed E-state index contributed by atoms with van der Waals surface area (Å²) in [7, 11) is 0. The van der Waals surface area contributed by atoms with Crippen LogP contribution in [-0.2, 0) is 28.6 Å². The standard InChI is InChI=1S/C72H114O6/c1-4-7-10-13-16-19-22-24-26-28-29-30-31-32-33-34-35-36-37-38-39-40-41-42-43-45-46-48-50-53-56-59-62-65-71(74)77-68-69(67-76-70(73)64-61-58-55-52-21-18-15-12-9-6-3)78-72(75)66-63-60-57-54-51-49-47-44-27-25-23-20-17-14-11-8-5-2/h7-8,10-12,15-17,19-20,24-27,29-30,32-33,35-36,38-39,41-42,47,49,69H,4-6,9,13-14,18,21-23,28,31,34,37,40,43-46,48,50-68H2,1-3H3/b10-7-,11-8-,15-12-,19-16-,20-17-,26-24-,27-25-,30-29-,33-32-,36-35-,39-38-,42-41-,49-47-. The number of rotatable bonds is 55. The number of carbonyl (C=O) groups excluding carboxylic acids is 3. The molecule has 6 nitrogen and oxygen atoms in total. The summed E-state index contributed by atoms with van der Waals surface area (Å²) in [5.41, 5.74) is 0. The third kappa shape index (κ3) is 61.9. The first-order valence-electron chi connectivity index (χ1n) is 31.5. The van der Waals surface area contributed by atoms with Crippen LogP contribution in [0.2, 0.25) is 0 Å². The number of carbonyl (C=O) groups is 3. The molecule has 0 aliphatic rings. The zero-order valence-corrected chi connectivity index (χ0v) is 50.1. The van der Waals surface area contributed by atoms with E-state index in [4.69, 9.17) is 14.2 Å². The molecule has 0 rings (SSSR count). The van der Waals surface area contributed by atoms with Crippen molar-refractivity contribution in [3.8, 4) is 0 Å². The number of unbranched alkanes of at least 4 members (excludes halogenated alkanes) is 18. The summed E-state index contributed by atoms with van der Waals surface area (Å²) in [5, 5.41) is 0. The minimum Gasteiger partial charge on any atom is -0.462 e. The van der Waals surface area contributed by atoms with Gasteiger partial charge in [0.05, 0.1) is 0 Å². The smallest absolute Gasteiger partial charge is 0.306 e. The van der Waals surface area contributed by atoms with E-state index in [1.54, 1.807) is 0 Å². The largest absolute Gasteiger partial charge is 0.462 e. The lowest BCUT2D eigenvalue weighted by atomic mass is 10.1. The fourth-order valence-corrected chi connectivity index (χ4v) is 8.10. The summed E-state index contributed by atoms with van der Waals surface area (Å²) in [6.45, 7) is 6.30. The maximum Gasteiger partial charge on any atom is 0.306 e. The monoisotopic (exact) mass is 1070 g/mol. The first-order valence-corrected chi connectivity index (χ1v) is 31.5. The second-order valence-electron chi connectivity index (χ2n) is 20.2. The van der Waals surface area contributed by atoms with E-state index in [-0.39, 0.29) is 31.1 Å². The van der Waals surface area contributed by atoms with E-state index in [1.807, 2.05) is 0 Å². The Morgan fingerprint density at radius 3 is 0.795 bits per heavy atom. The zero-order valence-electron chi connectivity index (χ0n) is 50.1. The highest BCUT2D eigenvalue weighted by atomic mass is 16.6. The molecule has 78 heavy (non-hydrogen) atoms. The lowest BCUT2D eigenvalue weighted by molar-refractivity contribution is -0.167. The van der Waals surface area contributed by atoms with E-state index in [0.717, 1.165) is 173 Å². The van der Waals surface area contributed by atoms with Crippen molar-refractivity contribution in [3.63, 3.8) is 0 Å². The fraction of sp³-hybridized carbons (Fsp3) is 0.597. The second-order valence-corrected chi connectivity index (χ2v) is 20.2. The Morgan fingerprint density at radius 1 is 0.269 bits per heavy atom. The van der Waals surface area contributed by atoms with Crippen LogP contribution in [0.15, 0.2) is 158 Å². The van der Waals surface area contributed by atoms with Gasteiger partial charge in [-0.05, 0) is 141 Å². The number of hydrogen-bond acceptors (Lipinski definition) is 6. The molecule has 6 heteroatoms. The highest BCUT2D eigenvalue weighted by molar-refractivity contribution is 5.71. The fourth-order valence-electron chi connectivity index (χ4n) is 8.10. The van der Waals surface area contributed by atoms with Crippen LogP contribution in [0.1, 0.15) is 258 Å². The van der Waals surface area contributed by atoms with Crippen molar-refractivity contribution in [3.05, 3.63) is 158 Å². The topological polar surface area (TPSA) is 78.9 Å². The van der Waals surface area contributed by atoms with Gasteiger partial charge in [0.25, 0.3) is 0 Å². The average molecular weight is 1080 g/mol. The first-order chi connectivity index (χ1) is 38.5. The molecule has 0 spiro atoms. The first kappa shape index (κ1) is 73.0. The second kappa shape index (κ2) is 64.6. The summed E-state index contributed by atoms with van der Waals surface area (Å²) >= 11 is 0. The predicted molar refractivity (Wildman–Crippen MR) is 338 cm³/mol. The summed E-state index contributed by atoms with van der Waals surface area (Å²) in [5.74, 6) is -0.948. The Hall–Kier alpha value is -4.97.